The molecular weight excluding hydrogens is 202 g/mol. The fourth-order valence-electron chi connectivity index (χ4n) is 2.19. The van der Waals surface area contributed by atoms with Crippen molar-refractivity contribution >= 4 is 0 Å². The first-order valence-electron chi connectivity index (χ1n) is 6.18. The highest BCUT2D eigenvalue weighted by Gasteiger charge is 2.25. The van der Waals surface area contributed by atoms with Gasteiger partial charge in [-0.25, -0.2) is 0 Å². The Morgan fingerprint density at radius 1 is 1.62 bits per heavy atom. The highest BCUT2D eigenvalue weighted by Crippen LogP contribution is 2.17. The Morgan fingerprint density at radius 3 is 3.19 bits per heavy atom. The van der Waals surface area contributed by atoms with Crippen molar-refractivity contribution in [3.05, 3.63) is 18.5 Å². The third kappa shape index (κ3) is 3.06. The average molecular weight is 223 g/mol. The first kappa shape index (κ1) is 11.6. The highest BCUT2D eigenvalue weighted by molar-refractivity contribution is 4.83. The highest BCUT2D eigenvalue weighted by atomic mass is 16.5. The SMILES string of the molecule is CCCNC(Cn1cccn1)C1CCOC1. The molecule has 1 aromatic rings. The summed E-state index contributed by atoms with van der Waals surface area (Å²) in [6.07, 6.45) is 6.20. The number of aromatic nitrogens is 2. The lowest BCUT2D eigenvalue weighted by Crippen LogP contribution is -2.40. The van der Waals surface area contributed by atoms with Gasteiger partial charge < -0.3 is 10.1 Å². The summed E-state index contributed by atoms with van der Waals surface area (Å²) in [4.78, 5) is 0. The molecule has 16 heavy (non-hydrogen) atoms. The van der Waals surface area contributed by atoms with Gasteiger partial charge in [0.25, 0.3) is 0 Å². The molecule has 2 atom stereocenters. The summed E-state index contributed by atoms with van der Waals surface area (Å²) in [6.45, 7) is 6.02. The first-order valence-corrected chi connectivity index (χ1v) is 6.18. The van der Waals surface area contributed by atoms with Gasteiger partial charge in [-0.3, -0.25) is 4.68 Å². The molecule has 2 rings (SSSR count). The molecule has 0 saturated carbocycles. The van der Waals surface area contributed by atoms with Crippen molar-refractivity contribution in [1.29, 1.82) is 0 Å². The van der Waals surface area contributed by atoms with Gasteiger partial charge >= 0.3 is 0 Å². The molecule has 0 aromatic carbocycles. The van der Waals surface area contributed by atoms with E-state index in [1.807, 2.05) is 23.1 Å². The molecule has 0 bridgehead atoms. The van der Waals surface area contributed by atoms with Crippen LogP contribution in [0.1, 0.15) is 19.8 Å². The molecule has 1 saturated heterocycles. The van der Waals surface area contributed by atoms with Crippen LogP contribution in [0.25, 0.3) is 0 Å². The number of nitrogens with zero attached hydrogens (tertiary/aromatic N) is 2. The van der Waals surface area contributed by atoms with Crippen LogP contribution in [0.2, 0.25) is 0 Å². The van der Waals surface area contributed by atoms with E-state index in [0.29, 0.717) is 12.0 Å². The Labute approximate surface area is 97.0 Å². The zero-order chi connectivity index (χ0) is 11.2. The Bertz CT molecular complexity index is 280. The molecule has 4 heteroatoms. The maximum Gasteiger partial charge on any atom is 0.0566 e. The average Bonchev–Trinajstić information content (AvgIpc) is 2.96. The third-order valence-electron chi connectivity index (χ3n) is 3.13. The van der Waals surface area contributed by atoms with Crippen LogP contribution in [0.5, 0.6) is 0 Å². The Balaban J connectivity index is 1.90. The van der Waals surface area contributed by atoms with Crippen LogP contribution < -0.4 is 5.32 Å². The Hall–Kier alpha value is -0.870. The fraction of sp³-hybridized carbons (Fsp3) is 0.750. The molecule has 90 valence electrons. The first-order chi connectivity index (χ1) is 7.90. The zero-order valence-corrected chi connectivity index (χ0v) is 9.93. The number of hydrogen-bond acceptors (Lipinski definition) is 3. The molecule has 1 N–H and O–H groups in total. The summed E-state index contributed by atoms with van der Waals surface area (Å²) >= 11 is 0. The van der Waals surface area contributed by atoms with Gasteiger partial charge in [-0.05, 0) is 25.5 Å². The van der Waals surface area contributed by atoms with Crippen LogP contribution >= 0.6 is 0 Å². The van der Waals surface area contributed by atoms with Crippen molar-refractivity contribution in [2.24, 2.45) is 5.92 Å². The van der Waals surface area contributed by atoms with Gasteiger partial charge in [0, 0.05) is 31.0 Å². The second kappa shape index (κ2) is 6.01. The van der Waals surface area contributed by atoms with Gasteiger partial charge in [0.15, 0.2) is 0 Å². The number of hydrogen-bond donors (Lipinski definition) is 1. The molecule has 1 aliphatic rings. The van der Waals surface area contributed by atoms with E-state index in [4.69, 9.17) is 4.74 Å². The summed E-state index contributed by atoms with van der Waals surface area (Å²) in [5.74, 6) is 0.635. The van der Waals surface area contributed by atoms with Crippen molar-refractivity contribution < 1.29 is 4.74 Å². The van der Waals surface area contributed by atoms with Crippen LogP contribution in [0, 0.1) is 5.92 Å². The molecule has 2 heterocycles. The maximum atomic E-state index is 5.47. The van der Waals surface area contributed by atoms with Crippen molar-refractivity contribution in [2.75, 3.05) is 19.8 Å². The summed E-state index contributed by atoms with van der Waals surface area (Å²) in [7, 11) is 0. The summed E-state index contributed by atoms with van der Waals surface area (Å²) in [5.41, 5.74) is 0. The molecule has 1 aliphatic heterocycles. The smallest absolute Gasteiger partial charge is 0.0566 e. The van der Waals surface area contributed by atoms with Gasteiger partial charge in [-0.2, -0.15) is 5.10 Å². The van der Waals surface area contributed by atoms with E-state index in [-0.39, 0.29) is 0 Å². The minimum Gasteiger partial charge on any atom is -0.381 e. The minimum absolute atomic E-state index is 0.488. The zero-order valence-electron chi connectivity index (χ0n) is 9.93. The van der Waals surface area contributed by atoms with E-state index in [1.165, 1.54) is 12.8 Å². The predicted octanol–water partition coefficient (Wildman–Crippen LogP) is 1.29. The topological polar surface area (TPSA) is 39.1 Å². The second-order valence-electron chi connectivity index (χ2n) is 4.41. The maximum absolute atomic E-state index is 5.47. The van der Waals surface area contributed by atoms with E-state index in [9.17, 15) is 0 Å². The van der Waals surface area contributed by atoms with E-state index >= 15 is 0 Å². The van der Waals surface area contributed by atoms with Gasteiger partial charge in [0.2, 0.25) is 0 Å². The van der Waals surface area contributed by atoms with Gasteiger partial charge in [0.05, 0.1) is 13.2 Å². The normalized spacial score (nSPS) is 22.4. The largest absolute Gasteiger partial charge is 0.381 e. The second-order valence-corrected chi connectivity index (χ2v) is 4.41. The van der Waals surface area contributed by atoms with Crippen LogP contribution in [0.15, 0.2) is 18.5 Å². The van der Waals surface area contributed by atoms with Crippen molar-refractivity contribution in [3.63, 3.8) is 0 Å². The summed E-state index contributed by atoms with van der Waals surface area (Å²) in [5, 5.41) is 7.88. The molecule has 0 amide bonds. The Morgan fingerprint density at radius 2 is 2.56 bits per heavy atom. The lowest BCUT2D eigenvalue weighted by molar-refractivity contribution is 0.173. The van der Waals surface area contributed by atoms with Crippen molar-refractivity contribution in [2.45, 2.75) is 32.4 Å². The Kier molecular flexibility index (Phi) is 4.36. The molecule has 1 fully saturated rings. The molecule has 0 spiro atoms. The van der Waals surface area contributed by atoms with E-state index in [2.05, 4.69) is 17.3 Å². The fourth-order valence-corrected chi connectivity index (χ4v) is 2.19. The van der Waals surface area contributed by atoms with Crippen LogP contribution in [0.4, 0.5) is 0 Å². The summed E-state index contributed by atoms with van der Waals surface area (Å²) in [6, 6.07) is 2.46. The molecule has 0 radical (unpaired) electrons. The molecule has 2 unspecified atom stereocenters. The quantitative estimate of drug-likeness (QED) is 0.790. The molecule has 1 aromatic heterocycles. The number of nitrogens with one attached hydrogen (secondary N) is 1. The number of ether oxygens (including phenoxy) is 1. The minimum atomic E-state index is 0.488. The van der Waals surface area contributed by atoms with Crippen LogP contribution in [0.3, 0.4) is 0 Å². The van der Waals surface area contributed by atoms with Gasteiger partial charge in [0.1, 0.15) is 0 Å². The lowest BCUT2D eigenvalue weighted by atomic mass is 9.99. The van der Waals surface area contributed by atoms with E-state index in [1.54, 1.807) is 0 Å². The van der Waals surface area contributed by atoms with Crippen molar-refractivity contribution in [1.82, 2.24) is 15.1 Å². The lowest BCUT2D eigenvalue weighted by Gasteiger charge is -2.23. The predicted molar refractivity (Wildman–Crippen MR) is 63.2 cm³/mol. The molecule has 4 nitrogen and oxygen atoms in total. The summed E-state index contributed by atoms with van der Waals surface area (Å²) < 4.78 is 7.47. The van der Waals surface area contributed by atoms with Gasteiger partial charge in [-0.15, -0.1) is 0 Å². The van der Waals surface area contributed by atoms with E-state index in [0.717, 1.165) is 26.3 Å². The van der Waals surface area contributed by atoms with Crippen LogP contribution in [-0.2, 0) is 11.3 Å². The van der Waals surface area contributed by atoms with Gasteiger partial charge in [-0.1, -0.05) is 6.92 Å². The monoisotopic (exact) mass is 223 g/mol. The molecule has 0 aliphatic carbocycles. The molecular formula is C12H21N3O. The number of rotatable bonds is 6. The third-order valence-corrected chi connectivity index (χ3v) is 3.13. The van der Waals surface area contributed by atoms with Crippen LogP contribution in [-0.4, -0.2) is 35.6 Å². The van der Waals surface area contributed by atoms with Crippen molar-refractivity contribution in [3.8, 4) is 0 Å². The van der Waals surface area contributed by atoms with E-state index < -0.39 is 0 Å². The standard InChI is InChI=1S/C12H21N3O/c1-2-5-13-12(11-4-8-16-10-11)9-15-7-3-6-14-15/h3,6-7,11-13H,2,4-5,8-10H2,1H3.